The maximum Gasteiger partial charge on any atom is -0.0181 e. The minimum Gasteiger partial charge on any atom is -0.0683 e. The van der Waals surface area contributed by atoms with E-state index in [-0.39, 0.29) is 0 Å². The third kappa shape index (κ3) is 11.3. The normalized spacial score (nSPS) is 9.05. The highest BCUT2D eigenvalue weighted by atomic mass is 14.0. The van der Waals surface area contributed by atoms with Crippen LogP contribution in [0, 0.1) is 41.5 Å². The van der Waals surface area contributed by atoms with Crippen molar-refractivity contribution in [3.63, 3.8) is 0 Å². The van der Waals surface area contributed by atoms with Crippen LogP contribution in [0.2, 0.25) is 0 Å². The van der Waals surface area contributed by atoms with Crippen molar-refractivity contribution < 1.29 is 0 Å². The van der Waals surface area contributed by atoms with E-state index in [2.05, 4.69) is 139 Å². The monoisotopic (exact) mass is 508 g/mol. The smallest absolute Gasteiger partial charge is 0.0181 e. The number of benzene rings is 5. The van der Waals surface area contributed by atoms with Gasteiger partial charge in [-0.15, -0.1) is 0 Å². The Morgan fingerprint density at radius 3 is 0.632 bits per heavy atom. The van der Waals surface area contributed by atoms with E-state index >= 15 is 0 Å². The molecular weight excluding hydrogens is 456 g/mol. The van der Waals surface area contributed by atoms with Gasteiger partial charge in [-0.25, -0.2) is 0 Å². The quantitative estimate of drug-likeness (QED) is 0.195. The van der Waals surface area contributed by atoms with E-state index in [0.717, 1.165) is 0 Å². The molecule has 0 aliphatic rings. The Morgan fingerprint density at radius 2 is 0.447 bits per heavy atom. The molecule has 0 atom stereocenters. The molecule has 38 heavy (non-hydrogen) atoms. The lowest BCUT2D eigenvalue weighted by molar-refractivity contribution is 1.34. The average Bonchev–Trinajstić information content (AvgIpc) is 2.96. The van der Waals surface area contributed by atoms with Crippen molar-refractivity contribution in [1.29, 1.82) is 0 Å². The predicted octanol–water partition coefficient (Wildman–Crippen LogP) is 12.3. The number of aryl methyl sites for hydroxylation is 6. The molecule has 0 spiro atoms. The van der Waals surface area contributed by atoms with Crippen LogP contribution in [0.15, 0.2) is 97.1 Å². The highest BCUT2D eigenvalue weighted by Gasteiger charge is 1.96. The Kier molecular flexibility index (Phi) is 17.9. The molecule has 0 bridgehead atoms. The fraction of sp³-hybridized carbons (Fsp3) is 0.316. The van der Waals surface area contributed by atoms with Crippen molar-refractivity contribution in [2.45, 2.75) is 83.1 Å². The Balaban J connectivity index is 0.000000499. The van der Waals surface area contributed by atoms with Crippen molar-refractivity contribution in [2.24, 2.45) is 0 Å². The first kappa shape index (κ1) is 34.6. The molecule has 0 unspecified atom stereocenters. The van der Waals surface area contributed by atoms with Gasteiger partial charge in [0.25, 0.3) is 0 Å². The molecule has 5 aromatic rings. The molecule has 0 heteroatoms. The van der Waals surface area contributed by atoms with Crippen LogP contribution in [0.4, 0.5) is 0 Å². The van der Waals surface area contributed by atoms with E-state index in [1.807, 2.05) is 41.5 Å². The summed E-state index contributed by atoms with van der Waals surface area (Å²) < 4.78 is 0. The molecule has 5 aromatic carbocycles. The summed E-state index contributed by atoms with van der Waals surface area (Å²) in [6.45, 7) is 24.9. The number of rotatable bonds is 0. The summed E-state index contributed by atoms with van der Waals surface area (Å²) in [6.07, 6.45) is 0. The SMILES string of the molecule is CC.CC.CC.Cc1cc2ccccc2cc1C.Cc1cc2ccccc2cc1C.Cc1ccccc1C. The van der Waals surface area contributed by atoms with Crippen LogP contribution in [0.25, 0.3) is 21.5 Å². The van der Waals surface area contributed by atoms with Gasteiger partial charge in [0.15, 0.2) is 0 Å². The van der Waals surface area contributed by atoms with E-state index in [1.54, 1.807) is 0 Å². The Bertz CT molecular complexity index is 1140. The molecule has 0 radical (unpaired) electrons. The molecule has 204 valence electrons. The van der Waals surface area contributed by atoms with Gasteiger partial charge in [-0.3, -0.25) is 0 Å². The van der Waals surface area contributed by atoms with Crippen LogP contribution in [-0.2, 0) is 0 Å². The molecule has 0 saturated heterocycles. The van der Waals surface area contributed by atoms with Gasteiger partial charge >= 0.3 is 0 Å². The van der Waals surface area contributed by atoms with Crippen LogP contribution < -0.4 is 0 Å². The number of fused-ring (bicyclic) bond motifs is 2. The summed E-state index contributed by atoms with van der Waals surface area (Å²) in [5, 5.41) is 5.34. The third-order valence-electron chi connectivity index (χ3n) is 6.15. The Labute approximate surface area is 234 Å². The zero-order valence-electron chi connectivity index (χ0n) is 26.2. The number of hydrogen-bond acceptors (Lipinski definition) is 0. The topological polar surface area (TPSA) is 0 Å². The summed E-state index contributed by atoms with van der Waals surface area (Å²) in [5.41, 5.74) is 8.21. The summed E-state index contributed by atoms with van der Waals surface area (Å²) >= 11 is 0. The van der Waals surface area contributed by atoms with Gasteiger partial charge in [-0.1, -0.05) is 139 Å². The molecule has 0 saturated carbocycles. The average molecular weight is 509 g/mol. The minimum atomic E-state index is 1.33. The van der Waals surface area contributed by atoms with Crippen molar-refractivity contribution in [1.82, 2.24) is 0 Å². The van der Waals surface area contributed by atoms with Gasteiger partial charge in [-0.05, 0) is 96.5 Å². The molecular formula is C38H52. The third-order valence-corrected chi connectivity index (χ3v) is 6.15. The van der Waals surface area contributed by atoms with Crippen molar-refractivity contribution in [3.05, 3.63) is 130 Å². The lowest BCUT2D eigenvalue weighted by atomic mass is 10.0. The van der Waals surface area contributed by atoms with Gasteiger partial charge in [0.2, 0.25) is 0 Å². The second kappa shape index (κ2) is 19.7. The highest BCUT2D eigenvalue weighted by molar-refractivity contribution is 5.84. The maximum atomic E-state index is 2.24. The standard InChI is InChI=1S/2C12H12.C8H10.3C2H6/c2*1-9-7-11-5-3-4-6-12(11)8-10(9)2;1-7-5-3-4-6-8(7)2;3*1-2/h2*3-8H,1-2H3;3-6H,1-2H3;3*1-2H3. The van der Waals surface area contributed by atoms with Crippen LogP contribution in [0.5, 0.6) is 0 Å². The zero-order chi connectivity index (χ0) is 29.1. The van der Waals surface area contributed by atoms with E-state index in [9.17, 15) is 0 Å². The van der Waals surface area contributed by atoms with Crippen molar-refractivity contribution in [2.75, 3.05) is 0 Å². The molecule has 0 nitrogen and oxygen atoms in total. The zero-order valence-corrected chi connectivity index (χ0v) is 26.2. The largest absolute Gasteiger partial charge is 0.0683 e. The molecule has 5 rings (SSSR count). The highest BCUT2D eigenvalue weighted by Crippen LogP contribution is 2.19. The van der Waals surface area contributed by atoms with Gasteiger partial charge in [0, 0.05) is 0 Å². The fourth-order valence-corrected chi connectivity index (χ4v) is 3.60. The first-order valence-corrected chi connectivity index (χ1v) is 14.3. The van der Waals surface area contributed by atoms with Crippen LogP contribution in [0.1, 0.15) is 74.9 Å². The van der Waals surface area contributed by atoms with E-state index < -0.39 is 0 Å². The molecule has 0 aromatic heterocycles. The molecule has 0 aliphatic carbocycles. The van der Waals surface area contributed by atoms with Crippen molar-refractivity contribution in [3.8, 4) is 0 Å². The molecule has 0 heterocycles. The van der Waals surface area contributed by atoms with Crippen LogP contribution in [-0.4, -0.2) is 0 Å². The summed E-state index contributed by atoms with van der Waals surface area (Å²) in [6, 6.07) is 34.3. The molecule has 0 fully saturated rings. The molecule has 0 aliphatic heterocycles. The maximum absolute atomic E-state index is 2.24. The minimum absolute atomic E-state index is 1.33. The fourth-order valence-electron chi connectivity index (χ4n) is 3.60. The van der Waals surface area contributed by atoms with E-state index in [4.69, 9.17) is 0 Å². The second-order valence-corrected chi connectivity index (χ2v) is 8.65. The molecule has 0 amide bonds. The summed E-state index contributed by atoms with van der Waals surface area (Å²) in [4.78, 5) is 0. The Hall–Kier alpha value is -3.38. The second-order valence-electron chi connectivity index (χ2n) is 8.65. The van der Waals surface area contributed by atoms with Gasteiger partial charge in [0.05, 0.1) is 0 Å². The lowest BCUT2D eigenvalue weighted by Crippen LogP contribution is -1.80. The van der Waals surface area contributed by atoms with Crippen molar-refractivity contribution >= 4 is 21.5 Å². The van der Waals surface area contributed by atoms with Crippen LogP contribution >= 0.6 is 0 Å². The Morgan fingerprint density at radius 1 is 0.263 bits per heavy atom. The number of hydrogen-bond donors (Lipinski definition) is 0. The molecule has 0 N–H and O–H groups in total. The van der Waals surface area contributed by atoms with E-state index in [0.29, 0.717) is 0 Å². The van der Waals surface area contributed by atoms with Gasteiger partial charge in [0.1, 0.15) is 0 Å². The van der Waals surface area contributed by atoms with E-state index in [1.165, 1.54) is 54.9 Å². The van der Waals surface area contributed by atoms with Gasteiger partial charge < -0.3 is 0 Å². The first-order valence-electron chi connectivity index (χ1n) is 14.3. The van der Waals surface area contributed by atoms with Crippen LogP contribution in [0.3, 0.4) is 0 Å². The lowest BCUT2D eigenvalue weighted by Gasteiger charge is -2.02. The summed E-state index contributed by atoms with van der Waals surface area (Å²) in [7, 11) is 0. The predicted molar refractivity (Wildman–Crippen MR) is 177 cm³/mol. The first-order chi connectivity index (χ1) is 18.3. The summed E-state index contributed by atoms with van der Waals surface area (Å²) in [5.74, 6) is 0. The van der Waals surface area contributed by atoms with Gasteiger partial charge in [-0.2, -0.15) is 0 Å².